The number of ether oxygens (including phenoxy) is 1. The van der Waals surface area contributed by atoms with Gasteiger partial charge in [0.15, 0.2) is 11.6 Å². The van der Waals surface area contributed by atoms with Crippen molar-refractivity contribution in [2.75, 3.05) is 10.5 Å². The van der Waals surface area contributed by atoms with Gasteiger partial charge in [-0.3, -0.25) is 14.3 Å². The van der Waals surface area contributed by atoms with Crippen molar-refractivity contribution in [1.82, 2.24) is 0 Å². The summed E-state index contributed by atoms with van der Waals surface area (Å²) in [7, 11) is -3.77. The molecule has 5 aromatic carbocycles. The fourth-order valence-electron chi connectivity index (χ4n) is 6.35. The first-order valence-electron chi connectivity index (χ1n) is 16.8. The van der Waals surface area contributed by atoms with Crippen molar-refractivity contribution < 1.29 is 27.2 Å². The molecule has 3 N–H and O–H groups in total. The minimum Gasteiger partial charge on any atom is -0.486 e. The molecule has 8 nitrogen and oxygen atoms in total. The fraction of sp³-hybridized carbons (Fsp3) is 0.171. The Bertz CT molecular complexity index is 2470. The predicted octanol–water partition coefficient (Wildman–Crippen LogP) is 10.7. The van der Waals surface area contributed by atoms with E-state index in [4.69, 9.17) is 38.1 Å². The van der Waals surface area contributed by atoms with Crippen LogP contribution in [0.15, 0.2) is 119 Å². The summed E-state index contributed by atoms with van der Waals surface area (Å²) >= 11 is 14.7. The lowest BCUT2D eigenvalue weighted by molar-refractivity contribution is 0.0639. The molecule has 0 amide bonds. The number of ketones is 2. The summed E-state index contributed by atoms with van der Waals surface area (Å²) < 4.78 is 40.6. The lowest BCUT2D eigenvalue weighted by Gasteiger charge is -2.29. The van der Waals surface area contributed by atoms with E-state index in [1.165, 1.54) is 30.3 Å². The number of carbonyl (C=O) groups is 2. The van der Waals surface area contributed by atoms with Crippen LogP contribution in [0.1, 0.15) is 70.7 Å². The first-order valence-corrected chi connectivity index (χ1v) is 20.1. The molecule has 0 spiro atoms. The minimum absolute atomic E-state index is 0.0284. The van der Waals surface area contributed by atoms with Gasteiger partial charge in [-0.1, -0.05) is 73.4 Å². The number of nitrogens with one attached hydrogen (secondary N) is 1. The number of nitrogens with two attached hydrogens (primary N) is 1. The Hall–Kier alpha value is -4.36. The molecule has 0 saturated carbocycles. The number of aryl methyl sites for hydroxylation is 1. The molecule has 1 aromatic heterocycles. The highest BCUT2D eigenvalue weighted by Gasteiger charge is 2.48. The highest BCUT2D eigenvalue weighted by Crippen LogP contribution is 2.48. The van der Waals surface area contributed by atoms with E-state index in [9.17, 15) is 18.0 Å². The van der Waals surface area contributed by atoms with E-state index in [0.717, 1.165) is 26.7 Å². The standard InChI is InChI=1S/C23H17ClINO4S.C18H18ClNO2/c1-2-20-22(18-5-3-4-6-21(18)30-20)23(27)17-12-9-15(13-19(17)24)26-31(28,29)16-10-7-14(25)8-11-16;1-3-18(2)16(13-6-4-5-7-15(13)22-18)17(21)12-9-8-11(20)10-14(12)19/h3-13,26H,2H2,1H3;4-10,16H,3,20H2,1-2H3. The van der Waals surface area contributed by atoms with Crippen molar-refractivity contribution in [2.24, 2.45) is 0 Å². The van der Waals surface area contributed by atoms with Crippen LogP contribution in [-0.2, 0) is 16.4 Å². The average molecular weight is 882 g/mol. The molecule has 53 heavy (non-hydrogen) atoms. The Morgan fingerprint density at radius 1 is 0.868 bits per heavy atom. The Morgan fingerprint density at radius 2 is 1.53 bits per heavy atom. The third kappa shape index (κ3) is 7.82. The van der Waals surface area contributed by atoms with Crippen molar-refractivity contribution in [1.29, 1.82) is 0 Å². The zero-order valence-corrected chi connectivity index (χ0v) is 33.4. The third-order valence-electron chi connectivity index (χ3n) is 9.21. The van der Waals surface area contributed by atoms with Crippen molar-refractivity contribution >= 4 is 89.7 Å². The summed E-state index contributed by atoms with van der Waals surface area (Å²) in [6.07, 6.45) is 1.28. The monoisotopic (exact) mass is 880 g/mol. The molecule has 2 unspecified atom stereocenters. The summed E-state index contributed by atoms with van der Waals surface area (Å²) in [5, 5.41) is 1.26. The van der Waals surface area contributed by atoms with Gasteiger partial charge < -0.3 is 14.9 Å². The largest absolute Gasteiger partial charge is 0.486 e. The van der Waals surface area contributed by atoms with E-state index in [-0.39, 0.29) is 38.7 Å². The van der Waals surface area contributed by atoms with Crippen LogP contribution < -0.4 is 15.2 Å². The van der Waals surface area contributed by atoms with E-state index in [1.54, 1.807) is 30.3 Å². The summed E-state index contributed by atoms with van der Waals surface area (Å²) in [5.74, 6) is 0.704. The number of fused-ring (bicyclic) bond motifs is 2. The van der Waals surface area contributed by atoms with Crippen LogP contribution in [-0.4, -0.2) is 25.6 Å². The molecule has 0 saturated heterocycles. The van der Waals surface area contributed by atoms with Gasteiger partial charge in [-0.05, 0) is 109 Å². The molecular weight excluding hydrogens is 846 g/mol. The number of benzene rings is 5. The maximum Gasteiger partial charge on any atom is 0.261 e. The number of para-hydroxylation sites is 2. The van der Waals surface area contributed by atoms with E-state index in [2.05, 4.69) is 27.3 Å². The zero-order valence-electron chi connectivity index (χ0n) is 29.0. The number of halogens is 3. The lowest BCUT2D eigenvalue weighted by atomic mass is 9.78. The maximum absolute atomic E-state index is 13.3. The van der Waals surface area contributed by atoms with Crippen LogP contribution in [0.2, 0.25) is 10.0 Å². The van der Waals surface area contributed by atoms with Crippen LogP contribution in [0, 0.1) is 3.57 Å². The molecule has 0 radical (unpaired) electrons. The quantitative estimate of drug-likeness (QED) is 0.0840. The first kappa shape index (κ1) is 38.4. The zero-order chi connectivity index (χ0) is 38.1. The number of nitrogen functional groups attached to an aromatic ring is 1. The number of anilines is 2. The van der Waals surface area contributed by atoms with Crippen LogP contribution in [0.25, 0.3) is 11.0 Å². The average Bonchev–Trinajstić information content (AvgIpc) is 3.66. The molecule has 7 rings (SSSR count). The maximum atomic E-state index is 13.3. The van der Waals surface area contributed by atoms with Gasteiger partial charge in [0, 0.05) is 37.8 Å². The SMILES string of the molecule is CCC1(C)Oc2ccccc2C1C(=O)c1ccc(N)cc1Cl.CCc1oc2ccccc2c1C(=O)c1ccc(NS(=O)(=O)c2ccc(I)cc2)cc1Cl. The Balaban J connectivity index is 0.000000192. The van der Waals surface area contributed by atoms with E-state index in [1.807, 2.05) is 69.3 Å². The Morgan fingerprint density at radius 3 is 2.21 bits per heavy atom. The number of furan rings is 1. The predicted molar refractivity (Wildman–Crippen MR) is 219 cm³/mol. The molecule has 0 fully saturated rings. The fourth-order valence-corrected chi connectivity index (χ4v) is 8.31. The van der Waals surface area contributed by atoms with Gasteiger partial charge in [0.2, 0.25) is 0 Å². The summed E-state index contributed by atoms with van der Waals surface area (Å²) in [6, 6.07) is 31.0. The van der Waals surface area contributed by atoms with Crippen molar-refractivity contribution in [2.45, 2.75) is 50.0 Å². The number of hydrogen-bond donors (Lipinski definition) is 2. The molecule has 6 aromatic rings. The van der Waals surface area contributed by atoms with Crippen LogP contribution in [0.5, 0.6) is 5.75 Å². The summed E-state index contributed by atoms with van der Waals surface area (Å²) in [6.45, 7) is 5.91. The normalized spacial score (nSPS) is 16.3. The van der Waals surface area contributed by atoms with Crippen LogP contribution in [0.3, 0.4) is 0 Å². The van der Waals surface area contributed by atoms with Crippen molar-refractivity contribution in [3.8, 4) is 5.75 Å². The van der Waals surface area contributed by atoms with E-state index in [0.29, 0.717) is 39.6 Å². The molecule has 1 aliphatic heterocycles. The number of rotatable bonds is 9. The Kier molecular flexibility index (Phi) is 11.3. The lowest BCUT2D eigenvalue weighted by Crippen LogP contribution is -2.38. The van der Waals surface area contributed by atoms with Gasteiger partial charge >= 0.3 is 0 Å². The first-order chi connectivity index (χ1) is 25.3. The molecule has 0 bridgehead atoms. The van der Waals surface area contributed by atoms with Gasteiger partial charge in [0.1, 0.15) is 22.7 Å². The highest BCUT2D eigenvalue weighted by atomic mass is 127. The van der Waals surface area contributed by atoms with Gasteiger partial charge in [0.25, 0.3) is 10.0 Å². The summed E-state index contributed by atoms with van der Waals surface area (Å²) in [4.78, 5) is 26.5. The molecule has 2 atom stereocenters. The summed E-state index contributed by atoms with van der Waals surface area (Å²) in [5.41, 5.74) is 8.77. The van der Waals surface area contributed by atoms with Crippen molar-refractivity contribution in [3.05, 3.63) is 151 Å². The second-order valence-corrected chi connectivity index (χ2v) is 16.4. The number of hydrogen-bond acceptors (Lipinski definition) is 7. The number of sulfonamides is 1. The molecule has 1 aliphatic rings. The third-order valence-corrected chi connectivity index (χ3v) is 12.0. The molecule has 0 aliphatic carbocycles. The van der Waals surface area contributed by atoms with Crippen molar-refractivity contribution in [3.63, 3.8) is 0 Å². The van der Waals surface area contributed by atoms with Gasteiger partial charge in [-0.2, -0.15) is 0 Å². The number of Topliss-reactive ketones (excluding diaryl/α,β-unsaturated/α-hetero) is 1. The molecule has 12 heteroatoms. The van der Waals surface area contributed by atoms with E-state index >= 15 is 0 Å². The molecule has 272 valence electrons. The van der Waals surface area contributed by atoms with Gasteiger partial charge in [-0.15, -0.1) is 0 Å². The Labute approximate surface area is 331 Å². The minimum atomic E-state index is -3.77. The number of carbonyl (C=O) groups excluding carboxylic acids is 2. The highest BCUT2D eigenvalue weighted by molar-refractivity contribution is 14.1. The molecule has 2 heterocycles. The second-order valence-electron chi connectivity index (χ2n) is 12.7. The van der Waals surface area contributed by atoms with E-state index < -0.39 is 15.6 Å². The smallest absolute Gasteiger partial charge is 0.261 e. The topological polar surface area (TPSA) is 129 Å². The van der Waals surface area contributed by atoms with Gasteiger partial charge in [0.05, 0.1) is 32.1 Å². The van der Waals surface area contributed by atoms with Crippen LogP contribution in [0.4, 0.5) is 11.4 Å². The van der Waals surface area contributed by atoms with Crippen LogP contribution >= 0.6 is 45.8 Å². The second kappa shape index (κ2) is 15.5. The van der Waals surface area contributed by atoms with Gasteiger partial charge in [-0.25, -0.2) is 8.42 Å². The molecular formula is C41H35Cl2IN2O6S.